The van der Waals surface area contributed by atoms with Gasteiger partial charge in [0.2, 0.25) is 0 Å². The van der Waals surface area contributed by atoms with Gasteiger partial charge in [0.05, 0.1) is 12.6 Å². The van der Waals surface area contributed by atoms with Crippen LogP contribution in [0.2, 0.25) is 0 Å². The molecule has 1 N–H and O–H groups in total. The molecule has 0 amide bonds. The second-order valence-corrected chi connectivity index (χ2v) is 5.26. The number of hydrogen-bond donors (Lipinski definition) is 1. The number of piperidine rings is 1. The fraction of sp³-hybridized carbons (Fsp3) is 0.538. The molecule has 0 spiro atoms. The Kier molecular flexibility index (Phi) is 4.38. The molecule has 1 atom stereocenters. The minimum Gasteiger partial charge on any atom is -0.394 e. The van der Waals surface area contributed by atoms with Gasteiger partial charge in [-0.25, -0.2) is 0 Å². The Morgan fingerprint density at radius 1 is 1.12 bits per heavy atom. The van der Waals surface area contributed by atoms with Gasteiger partial charge in [-0.2, -0.15) is 0 Å². The van der Waals surface area contributed by atoms with Crippen molar-refractivity contribution < 1.29 is 5.11 Å². The molecule has 0 radical (unpaired) electrons. The predicted octanol–water partition coefficient (Wildman–Crippen LogP) is 2.97. The van der Waals surface area contributed by atoms with Crippen LogP contribution in [-0.4, -0.2) is 29.7 Å². The molecule has 0 saturated carbocycles. The van der Waals surface area contributed by atoms with Gasteiger partial charge in [0, 0.05) is 4.47 Å². The molecule has 1 saturated heterocycles. The Morgan fingerprint density at radius 2 is 1.75 bits per heavy atom. The molecule has 0 aliphatic carbocycles. The van der Waals surface area contributed by atoms with E-state index in [1.807, 2.05) is 12.1 Å². The Bertz CT molecular complexity index is 319. The molecule has 2 rings (SSSR count). The van der Waals surface area contributed by atoms with Crippen LogP contribution >= 0.6 is 15.9 Å². The third-order valence-electron chi connectivity index (χ3n) is 3.26. The van der Waals surface area contributed by atoms with Crippen molar-refractivity contribution >= 4 is 15.9 Å². The first-order chi connectivity index (χ1) is 7.81. The summed E-state index contributed by atoms with van der Waals surface area (Å²) in [7, 11) is 0. The minimum atomic E-state index is 0.174. The molecule has 3 heteroatoms. The number of benzene rings is 1. The van der Waals surface area contributed by atoms with E-state index < -0.39 is 0 Å². The van der Waals surface area contributed by atoms with Crippen LogP contribution in [0, 0.1) is 0 Å². The smallest absolute Gasteiger partial charge is 0.0628 e. The number of nitrogens with zero attached hydrogens (tertiary/aromatic N) is 1. The second kappa shape index (κ2) is 5.80. The average Bonchev–Trinajstić information content (AvgIpc) is 2.34. The molecule has 1 aliphatic rings. The van der Waals surface area contributed by atoms with Gasteiger partial charge in [0.15, 0.2) is 0 Å². The van der Waals surface area contributed by atoms with E-state index >= 15 is 0 Å². The average molecular weight is 284 g/mol. The zero-order valence-corrected chi connectivity index (χ0v) is 11.0. The van der Waals surface area contributed by atoms with Crippen LogP contribution in [0.1, 0.15) is 30.9 Å². The van der Waals surface area contributed by atoms with E-state index in [1.165, 1.54) is 24.8 Å². The van der Waals surface area contributed by atoms with Crippen LogP contribution < -0.4 is 0 Å². The molecule has 16 heavy (non-hydrogen) atoms. The van der Waals surface area contributed by atoms with Gasteiger partial charge in [-0.1, -0.05) is 34.5 Å². The molecule has 0 unspecified atom stereocenters. The van der Waals surface area contributed by atoms with Gasteiger partial charge in [-0.3, -0.25) is 4.90 Å². The lowest BCUT2D eigenvalue weighted by molar-refractivity contribution is 0.104. The van der Waals surface area contributed by atoms with E-state index in [4.69, 9.17) is 0 Å². The van der Waals surface area contributed by atoms with Crippen molar-refractivity contribution in [2.75, 3.05) is 19.7 Å². The fourth-order valence-corrected chi connectivity index (χ4v) is 2.61. The largest absolute Gasteiger partial charge is 0.394 e. The first-order valence-electron chi connectivity index (χ1n) is 5.91. The summed E-state index contributed by atoms with van der Waals surface area (Å²) in [6.07, 6.45) is 3.84. The highest BCUT2D eigenvalue weighted by Gasteiger charge is 2.21. The number of halogens is 1. The van der Waals surface area contributed by atoms with Crippen molar-refractivity contribution in [1.82, 2.24) is 4.90 Å². The number of aliphatic hydroxyl groups is 1. The quantitative estimate of drug-likeness (QED) is 0.922. The van der Waals surface area contributed by atoms with E-state index in [0.29, 0.717) is 0 Å². The normalized spacial score (nSPS) is 19.6. The van der Waals surface area contributed by atoms with E-state index in [-0.39, 0.29) is 12.6 Å². The summed E-state index contributed by atoms with van der Waals surface area (Å²) in [6, 6.07) is 8.46. The summed E-state index contributed by atoms with van der Waals surface area (Å²) < 4.78 is 1.09. The second-order valence-electron chi connectivity index (χ2n) is 4.35. The SMILES string of the molecule is OC[C@@H](c1ccc(Br)cc1)N1CCCCC1. The van der Waals surface area contributed by atoms with Crippen LogP contribution in [0.15, 0.2) is 28.7 Å². The van der Waals surface area contributed by atoms with Crippen LogP contribution in [-0.2, 0) is 0 Å². The molecule has 0 bridgehead atoms. The molecule has 88 valence electrons. The van der Waals surface area contributed by atoms with Gasteiger partial charge in [0.1, 0.15) is 0 Å². The molecular weight excluding hydrogens is 266 g/mol. The summed E-state index contributed by atoms with van der Waals surface area (Å²) in [4.78, 5) is 2.40. The van der Waals surface area contributed by atoms with Gasteiger partial charge < -0.3 is 5.11 Å². The molecule has 1 aliphatic heterocycles. The number of likely N-dealkylation sites (tertiary alicyclic amines) is 1. The summed E-state index contributed by atoms with van der Waals surface area (Å²) in [5, 5.41) is 9.55. The standard InChI is InChI=1S/C13H18BrNO/c14-12-6-4-11(5-7-12)13(10-16)15-8-2-1-3-9-15/h4-7,13,16H,1-3,8-10H2/t13-/m0/s1. The Balaban J connectivity index is 2.11. The van der Waals surface area contributed by atoms with E-state index in [1.54, 1.807) is 0 Å². The summed E-state index contributed by atoms with van der Waals surface area (Å²) in [5.74, 6) is 0. The lowest BCUT2D eigenvalue weighted by atomic mass is 10.0. The van der Waals surface area contributed by atoms with Gasteiger partial charge in [0.25, 0.3) is 0 Å². The molecule has 0 aromatic heterocycles. The molecular formula is C13H18BrNO. The van der Waals surface area contributed by atoms with Crippen molar-refractivity contribution in [1.29, 1.82) is 0 Å². The van der Waals surface area contributed by atoms with Gasteiger partial charge >= 0.3 is 0 Å². The molecule has 2 nitrogen and oxygen atoms in total. The number of rotatable bonds is 3. The first kappa shape index (κ1) is 12.1. The topological polar surface area (TPSA) is 23.5 Å². The summed E-state index contributed by atoms with van der Waals surface area (Å²) in [6.45, 7) is 2.43. The number of hydrogen-bond acceptors (Lipinski definition) is 2. The summed E-state index contributed by atoms with van der Waals surface area (Å²) >= 11 is 3.44. The van der Waals surface area contributed by atoms with E-state index in [2.05, 4.69) is 33.0 Å². The highest BCUT2D eigenvalue weighted by atomic mass is 79.9. The van der Waals surface area contributed by atoms with Crippen molar-refractivity contribution in [2.45, 2.75) is 25.3 Å². The van der Waals surface area contributed by atoms with Crippen molar-refractivity contribution in [3.63, 3.8) is 0 Å². The van der Waals surface area contributed by atoms with E-state index in [0.717, 1.165) is 17.6 Å². The molecule has 1 aromatic rings. The number of aliphatic hydroxyl groups excluding tert-OH is 1. The lowest BCUT2D eigenvalue weighted by Crippen LogP contribution is -2.35. The lowest BCUT2D eigenvalue weighted by Gasteiger charge is -2.33. The maximum absolute atomic E-state index is 9.55. The summed E-state index contributed by atoms with van der Waals surface area (Å²) in [5.41, 5.74) is 1.22. The zero-order valence-electron chi connectivity index (χ0n) is 9.40. The highest BCUT2D eigenvalue weighted by molar-refractivity contribution is 9.10. The van der Waals surface area contributed by atoms with Crippen LogP contribution in [0.25, 0.3) is 0 Å². The Hall–Kier alpha value is -0.380. The third kappa shape index (κ3) is 2.84. The molecule has 1 fully saturated rings. The molecule has 1 heterocycles. The maximum atomic E-state index is 9.55. The Labute approximate surface area is 105 Å². The van der Waals surface area contributed by atoms with E-state index in [9.17, 15) is 5.11 Å². The van der Waals surface area contributed by atoms with Crippen molar-refractivity contribution in [3.8, 4) is 0 Å². The minimum absolute atomic E-state index is 0.174. The van der Waals surface area contributed by atoms with Crippen LogP contribution in [0.4, 0.5) is 0 Å². The third-order valence-corrected chi connectivity index (χ3v) is 3.79. The van der Waals surface area contributed by atoms with Crippen LogP contribution in [0.3, 0.4) is 0 Å². The van der Waals surface area contributed by atoms with Crippen LogP contribution in [0.5, 0.6) is 0 Å². The van der Waals surface area contributed by atoms with Gasteiger partial charge in [-0.05, 0) is 43.6 Å². The fourth-order valence-electron chi connectivity index (χ4n) is 2.35. The first-order valence-corrected chi connectivity index (χ1v) is 6.71. The molecule has 1 aromatic carbocycles. The van der Waals surface area contributed by atoms with Gasteiger partial charge in [-0.15, -0.1) is 0 Å². The van der Waals surface area contributed by atoms with Crippen molar-refractivity contribution in [3.05, 3.63) is 34.3 Å². The predicted molar refractivity (Wildman–Crippen MR) is 69.4 cm³/mol. The zero-order chi connectivity index (χ0) is 11.4. The van der Waals surface area contributed by atoms with Crippen molar-refractivity contribution in [2.24, 2.45) is 0 Å². The maximum Gasteiger partial charge on any atom is 0.0628 e. The highest BCUT2D eigenvalue weighted by Crippen LogP contribution is 2.25. The Morgan fingerprint density at radius 3 is 2.31 bits per heavy atom. The monoisotopic (exact) mass is 283 g/mol.